The molecule has 0 aliphatic carbocycles. The van der Waals surface area contributed by atoms with Gasteiger partial charge in [0, 0.05) is 10.4 Å². The molecule has 0 fully saturated rings. The zero-order valence-corrected chi connectivity index (χ0v) is 15.7. The van der Waals surface area contributed by atoms with Crippen LogP contribution in [0.2, 0.25) is 10.0 Å². The van der Waals surface area contributed by atoms with Crippen LogP contribution in [0.4, 0.5) is 5.69 Å². The van der Waals surface area contributed by atoms with Gasteiger partial charge in [-0.15, -0.1) is 22.7 Å². The zero-order valence-electron chi connectivity index (χ0n) is 11.7. The van der Waals surface area contributed by atoms with Crippen LogP contribution < -0.4 is 4.72 Å². The molecule has 2 aromatic heterocycles. The van der Waals surface area contributed by atoms with E-state index in [0.717, 1.165) is 26.9 Å². The molecule has 0 bridgehead atoms. The minimum absolute atomic E-state index is 0.198. The molecule has 1 N–H and O–H groups in total. The predicted octanol–water partition coefficient (Wildman–Crippen LogP) is 5.29. The lowest BCUT2D eigenvalue weighted by Crippen LogP contribution is -2.11. The molecular weight excluding hydrogens is 395 g/mol. The van der Waals surface area contributed by atoms with Crippen LogP contribution in [0.25, 0.3) is 10.6 Å². The minimum atomic E-state index is -3.71. The van der Waals surface area contributed by atoms with Gasteiger partial charge >= 0.3 is 0 Å². The van der Waals surface area contributed by atoms with Gasteiger partial charge in [-0.25, -0.2) is 13.4 Å². The first-order valence-corrected chi connectivity index (χ1v) is 10.3. The van der Waals surface area contributed by atoms with Crippen molar-refractivity contribution in [1.29, 1.82) is 0 Å². The van der Waals surface area contributed by atoms with E-state index in [-0.39, 0.29) is 14.9 Å². The number of benzene rings is 1. The fourth-order valence-corrected chi connectivity index (χ4v) is 5.39. The number of hydrogen-bond acceptors (Lipinski definition) is 5. The molecule has 0 radical (unpaired) electrons. The molecular formula is C14H10Cl2N2O2S3. The van der Waals surface area contributed by atoms with Crippen molar-refractivity contribution in [1.82, 2.24) is 4.98 Å². The van der Waals surface area contributed by atoms with Crippen molar-refractivity contribution >= 4 is 61.6 Å². The van der Waals surface area contributed by atoms with Crippen LogP contribution in [0, 0.1) is 6.92 Å². The van der Waals surface area contributed by atoms with E-state index in [1.54, 1.807) is 18.2 Å². The Balaban J connectivity index is 1.89. The third kappa shape index (κ3) is 3.70. The normalized spacial score (nSPS) is 11.6. The van der Waals surface area contributed by atoms with Gasteiger partial charge in [-0.05, 0) is 37.3 Å². The highest BCUT2D eigenvalue weighted by atomic mass is 35.5. The van der Waals surface area contributed by atoms with Crippen molar-refractivity contribution < 1.29 is 8.42 Å². The largest absolute Gasteiger partial charge is 0.277 e. The number of rotatable bonds is 4. The summed E-state index contributed by atoms with van der Waals surface area (Å²) in [6, 6.07) is 7.89. The lowest BCUT2D eigenvalue weighted by atomic mass is 10.3. The van der Waals surface area contributed by atoms with Crippen molar-refractivity contribution in [2.24, 2.45) is 0 Å². The highest BCUT2D eigenvalue weighted by Crippen LogP contribution is 2.33. The highest BCUT2D eigenvalue weighted by Gasteiger charge is 2.19. The Bertz CT molecular complexity index is 964. The van der Waals surface area contributed by atoms with E-state index in [0.29, 0.717) is 5.02 Å². The smallest absolute Gasteiger partial charge is 0.271 e. The molecule has 2 heterocycles. The van der Waals surface area contributed by atoms with E-state index < -0.39 is 10.0 Å². The number of thiophene rings is 1. The van der Waals surface area contributed by atoms with Gasteiger partial charge in [0.2, 0.25) is 0 Å². The standard InChI is InChI=1S/C14H10Cl2N2O2S3/c1-8-17-12(7-21-8)13-4-5-14(22-13)23(19,20)18-11-3-2-9(15)6-10(11)16/h2-7,18H,1H3. The molecule has 0 aliphatic heterocycles. The average molecular weight is 405 g/mol. The first kappa shape index (κ1) is 16.7. The van der Waals surface area contributed by atoms with Crippen molar-refractivity contribution in [2.75, 3.05) is 4.72 Å². The first-order chi connectivity index (χ1) is 10.8. The Morgan fingerprint density at radius 1 is 1.17 bits per heavy atom. The molecule has 23 heavy (non-hydrogen) atoms. The van der Waals surface area contributed by atoms with Gasteiger partial charge in [0.05, 0.1) is 26.3 Å². The van der Waals surface area contributed by atoms with Crippen LogP contribution in [0.15, 0.2) is 39.9 Å². The summed E-state index contributed by atoms with van der Waals surface area (Å²) in [5.74, 6) is 0. The number of aryl methyl sites for hydroxylation is 1. The number of anilines is 1. The van der Waals surface area contributed by atoms with Gasteiger partial charge in [-0.2, -0.15) is 0 Å². The summed E-state index contributed by atoms with van der Waals surface area (Å²) in [5.41, 5.74) is 1.07. The average Bonchev–Trinajstić information content (AvgIpc) is 3.10. The summed E-state index contributed by atoms with van der Waals surface area (Å²) in [5, 5.41) is 3.52. The number of thiazole rings is 1. The molecule has 1 aromatic carbocycles. The molecule has 4 nitrogen and oxygen atoms in total. The van der Waals surface area contributed by atoms with E-state index in [2.05, 4.69) is 9.71 Å². The quantitative estimate of drug-likeness (QED) is 0.642. The number of nitrogens with one attached hydrogen (secondary N) is 1. The van der Waals surface area contributed by atoms with Gasteiger partial charge in [-0.3, -0.25) is 4.72 Å². The molecule has 0 atom stereocenters. The summed E-state index contributed by atoms with van der Waals surface area (Å²) in [7, 11) is -3.71. The zero-order chi connectivity index (χ0) is 16.6. The lowest BCUT2D eigenvalue weighted by molar-refractivity contribution is 0.603. The number of hydrogen-bond donors (Lipinski definition) is 1. The minimum Gasteiger partial charge on any atom is -0.277 e. The van der Waals surface area contributed by atoms with Crippen molar-refractivity contribution in [3.8, 4) is 10.6 Å². The van der Waals surface area contributed by atoms with E-state index in [1.807, 2.05) is 12.3 Å². The predicted molar refractivity (Wildman–Crippen MR) is 97.4 cm³/mol. The Hall–Kier alpha value is -1.12. The SMILES string of the molecule is Cc1nc(-c2ccc(S(=O)(=O)Nc3ccc(Cl)cc3Cl)s2)cs1. The topological polar surface area (TPSA) is 59.1 Å². The Kier molecular flexibility index (Phi) is 4.66. The monoisotopic (exact) mass is 404 g/mol. The lowest BCUT2D eigenvalue weighted by Gasteiger charge is -2.08. The summed E-state index contributed by atoms with van der Waals surface area (Å²) < 4.78 is 27.6. The summed E-state index contributed by atoms with van der Waals surface area (Å²) in [4.78, 5) is 5.16. The van der Waals surface area contributed by atoms with Crippen molar-refractivity contribution in [3.05, 3.63) is 50.8 Å². The van der Waals surface area contributed by atoms with Crippen LogP contribution in [0.1, 0.15) is 5.01 Å². The summed E-state index contributed by atoms with van der Waals surface area (Å²) in [6.07, 6.45) is 0. The number of nitrogens with zero attached hydrogens (tertiary/aromatic N) is 1. The maximum atomic E-state index is 12.5. The molecule has 0 saturated heterocycles. The molecule has 0 unspecified atom stereocenters. The first-order valence-electron chi connectivity index (χ1n) is 6.35. The molecule has 0 spiro atoms. The maximum absolute atomic E-state index is 12.5. The van der Waals surface area contributed by atoms with Gasteiger partial charge in [-0.1, -0.05) is 23.2 Å². The van der Waals surface area contributed by atoms with Crippen molar-refractivity contribution in [2.45, 2.75) is 11.1 Å². The molecule has 120 valence electrons. The van der Waals surface area contributed by atoms with Crippen LogP contribution >= 0.6 is 45.9 Å². The van der Waals surface area contributed by atoms with Crippen LogP contribution in [-0.2, 0) is 10.0 Å². The van der Waals surface area contributed by atoms with E-state index in [9.17, 15) is 8.42 Å². The van der Waals surface area contributed by atoms with Gasteiger partial charge in [0.25, 0.3) is 10.0 Å². The van der Waals surface area contributed by atoms with E-state index >= 15 is 0 Å². The third-order valence-electron chi connectivity index (χ3n) is 2.89. The van der Waals surface area contributed by atoms with Crippen molar-refractivity contribution in [3.63, 3.8) is 0 Å². The molecule has 0 aliphatic rings. The molecule has 3 rings (SSSR count). The number of sulfonamides is 1. The summed E-state index contributed by atoms with van der Waals surface area (Å²) in [6.45, 7) is 1.91. The van der Waals surface area contributed by atoms with Crippen LogP contribution in [0.5, 0.6) is 0 Å². The van der Waals surface area contributed by atoms with Crippen LogP contribution in [-0.4, -0.2) is 13.4 Å². The third-order valence-corrected chi connectivity index (χ3v) is 7.18. The summed E-state index contributed by atoms with van der Waals surface area (Å²) >= 11 is 14.5. The second-order valence-electron chi connectivity index (χ2n) is 4.60. The number of halogens is 2. The Labute approximate surface area is 151 Å². The Morgan fingerprint density at radius 2 is 1.96 bits per heavy atom. The van der Waals surface area contributed by atoms with Gasteiger partial charge in [0.15, 0.2) is 0 Å². The fourth-order valence-electron chi connectivity index (χ4n) is 1.85. The van der Waals surface area contributed by atoms with Gasteiger partial charge in [0.1, 0.15) is 4.21 Å². The molecule has 0 saturated carbocycles. The second-order valence-corrected chi connectivity index (χ2v) is 9.50. The second kappa shape index (κ2) is 6.41. The van der Waals surface area contributed by atoms with E-state index in [1.165, 1.54) is 23.5 Å². The highest BCUT2D eigenvalue weighted by molar-refractivity contribution is 7.94. The van der Waals surface area contributed by atoms with Crippen LogP contribution in [0.3, 0.4) is 0 Å². The van der Waals surface area contributed by atoms with Gasteiger partial charge < -0.3 is 0 Å². The maximum Gasteiger partial charge on any atom is 0.271 e. The molecule has 3 aromatic rings. The number of aromatic nitrogens is 1. The van der Waals surface area contributed by atoms with E-state index in [4.69, 9.17) is 23.2 Å². The fraction of sp³-hybridized carbons (Fsp3) is 0.0714. The molecule has 0 amide bonds. The molecule has 9 heteroatoms. The Morgan fingerprint density at radius 3 is 2.61 bits per heavy atom.